The van der Waals surface area contributed by atoms with Gasteiger partial charge in [0, 0.05) is 0 Å². The van der Waals surface area contributed by atoms with Crippen LogP contribution in [0.2, 0.25) is 0 Å². The molecule has 0 aliphatic carbocycles. The van der Waals surface area contributed by atoms with Gasteiger partial charge in [-0.3, -0.25) is 0 Å². The van der Waals surface area contributed by atoms with Crippen molar-refractivity contribution in [2.75, 3.05) is 6.61 Å². The highest BCUT2D eigenvalue weighted by atomic mass is 16.6. The van der Waals surface area contributed by atoms with Crippen molar-refractivity contribution in [2.24, 2.45) is 0 Å². The Kier molecular flexibility index (Phi) is 4.20. The fraction of sp³-hybridized carbons (Fsp3) is 0.467. The average molecular weight is 261 g/mol. The second-order valence-electron chi connectivity index (χ2n) is 4.87. The molecular weight excluding hydrogens is 242 g/mol. The van der Waals surface area contributed by atoms with Crippen LogP contribution in [-0.4, -0.2) is 11.6 Å². The molecule has 1 heterocycles. The lowest BCUT2D eigenvalue weighted by molar-refractivity contribution is 0.213. The van der Waals surface area contributed by atoms with Crippen LogP contribution in [0, 0.1) is 0 Å². The third-order valence-corrected chi connectivity index (χ3v) is 3.02. The van der Waals surface area contributed by atoms with Gasteiger partial charge < -0.3 is 9.15 Å². The van der Waals surface area contributed by atoms with Crippen molar-refractivity contribution in [3.63, 3.8) is 0 Å². The summed E-state index contributed by atoms with van der Waals surface area (Å²) in [6.45, 7) is 6.67. The predicted molar refractivity (Wildman–Crippen MR) is 74.8 cm³/mol. The van der Waals surface area contributed by atoms with Crippen molar-refractivity contribution in [2.45, 2.75) is 39.5 Å². The van der Waals surface area contributed by atoms with Crippen LogP contribution in [0.15, 0.2) is 27.4 Å². The van der Waals surface area contributed by atoms with Crippen molar-refractivity contribution < 1.29 is 9.15 Å². The number of benzene rings is 1. The van der Waals surface area contributed by atoms with Gasteiger partial charge in [0.05, 0.1) is 17.5 Å². The molecule has 0 bridgehead atoms. The summed E-state index contributed by atoms with van der Waals surface area (Å²) >= 11 is 0. The molecule has 2 aromatic rings. The molecular formula is C15H19NO3. The zero-order chi connectivity index (χ0) is 13.8. The Morgan fingerprint density at radius 1 is 1.37 bits per heavy atom. The molecule has 0 N–H and O–H groups in total. The van der Waals surface area contributed by atoms with Gasteiger partial charge in [0.25, 0.3) is 0 Å². The first kappa shape index (κ1) is 13.6. The molecule has 102 valence electrons. The van der Waals surface area contributed by atoms with Gasteiger partial charge in [0.1, 0.15) is 0 Å². The Balaban J connectivity index is 2.44. The molecule has 1 aromatic carbocycles. The summed E-state index contributed by atoms with van der Waals surface area (Å²) < 4.78 is 10.5. The van der Waals surface area contributed by atoms with Crippen molar-refractivity contribution in [1.29, 1.82) is 0 Å². The van der Waals surface area contributed by atoms with Crippen LogP contribution in [0.5, 0.6) is 6.08 Å². The maximum absolute atomic E-state index is 12.1. The van der Waals surface area contributed by atoms with Crippen LogP contribution in [0.3, 0.4) is 0 Å². The fourth-order valence-corrected chi connectivity index (χ4v) is 1.97. The molecule has 2 rings (SSSR count). The standard InChI is InChI=1S/C15H19NO3/c1-4-5-9-18-15-16-12-8-6-7-11(10(2)3)13(12)14(17)19-15/h6-8,10H,4-5,9H2,1-3H3. The summed E-state index contributed by atoms with van der Waals surface area (Å²) in [5.41, 5.74) is 1.22. The van der Waals surface area contributed by atoms with Crippen LogP contribution >= 0.6 is 0 Å². The number of hydrogen-bond acceptors (Lipinski definition) is 4. The van der Waals surface area contributed by atoms with Gasteiger partial charge in [-0.15, -0.1) is 0 Å². The van der Waals surface area contributed by atoms with Crippen molar-refractivity contribution >= 4 is 10.9 Å². The molecule has 0 radical (unpaired) electrons. The Morgan fingerprint density at radius 2 is 2.16 bits per heavy atom. The molecule has 0 fully saturated rings. The number of hydrogen-bond donors (Lipinski definition) is 0. The van der Waals surface area contributed by atoms with Gasteiger partial charge in [0.2, 0.25) is 0 Å². The molecule has 19 heavy (non-hydrogen) atoms. The van der Waals surface area contributed by atoms with E-state index in [-0.39, 0.29) is 17.6 Å². The van der Waals surface area contributed by atoms with E-state index in [1.807, 2.05) is 32.0 Å². The predicted octanol–water partition coefficient (Wildman–Crippen LogP) is 3.49. The minimum absolute atomic E-state index is 0.0619. The Bertz CT molecular complexity index is 616. The number of aromatic nitrogens is 1. The van der Waals surface area contributed by atoms with Gasteiger partial charge in [-0.05, 0) is 24.0 Å². The normalized spacial score (nSPS) is 11.2. The Labute approximate surface area is 112 Å². The SMILES string of the molecule is CCCCOc1nc2cccc(C(C)C)c2c(=O)o1. The van der Waals surface area contributed by atoms with Gasteiger partial charge in [0.15, 0.2) is 0 Å². The summed E-state index contributed by atoms with van der Waals surface area (Å²) in [6.07, 6.45) is 2.00. The molecule has 0 amide bonds. The number of nitrogens with zero attached hydrogens (tertiary/aromatic N) is 1. The highest BCUT2D eigenvalue weighted by Crippen LogP contribution is 2.23. The summed E-state index contributed by atoms with van der Waals surface area (Å²) in [5.74, 6) is 0.250. The molecule has 0 atom stereocenters. The molecule has 0 aliphatic rings. The van der Waals surface area contributed by atoms with E-state index in [4.69, 9.17) is 9.15 Å². The van der Waals surface area contributed by atoms with E-state index in [0.29, 0.717) is 17.5 Å². The van der Waals surface area contributed by atoms with Crippen molar-refractivity contribution in [1.82, 2.24) is 4.98 Å². The lowest BCUT2D eigenvalue weighted by Gasteiger charge is -2.09. The first-order chi connectivity index (χ1) is 9.13. The summed E-state index contributed by atoms with van der Waals surface area (Å²) in [4.78, 5) is 16.3. The van der Waals surface area contributed by atoms with E-state index in [0.717, 1.165) is 18.4 Å². The number of ether oxygens (including phenoxy) is 1. The highest BCUT2D eigenvalue weighted by molar-refractivity contribution is 5.81. The minimum Gasteiger partial charge on any atom is -0.450 e. The van der Waals surface area contributed by atoms with Gasteiger partial charge >= 0.3 is 11.7 Å². The maximum atomic E-state index is 12.1. The second kappa shape index (κ2) is 5.87. The van der Waals surface area contributed by atoms with Crippen LogP contribution < -0.4 is 10.4 Å². The van der Waals surface area contributed by atoms with Crippen LogP contribution in [0.25, 0.3) is 10.9 Å². The Morgan fingerprint density at radius 3 is 2.84 bits per heavy atom. The van der Waals surface area contributed by atoms with Crippen molar-refractivity contribution in [3.05, 3.63) is 34.2 Å². The highest BCUT2D eigenvalue weighted by Gasteiger charge is 2.13. The van der Waals surface area contributed by atoms with E-state index in [9.17, 15) is 4.79 Å². The summed E-state index contributed by atoms with van der Waals surface area (Å²) in [6, 6.07) is 5.65. The van der Waals surface area contributed by atoms with Gasteiger partial charge in [-0.1, -0.05) is 39.3 Å². The molecule has 0 saturated carbocycles. The number of fused-ring (bicyclic) bond motifs is 1. The molecule has 4 nitrogen and oxygen atoms in total. The van der Waals surface area contributed by atoms with Gasteiger partial charge in [-0.2, -0.15) is 4.98 Å². The first-order valence-corrected chi connectivity index (χ1v) is 6.70. The van der Waals surface area contributed by atoms with Crippen molar-refractivity contribution in [3.8, 4) is 6.08 Å². The van der Waals surface area contributed by atoms with E-state index in [1.54, 1.807) is 0 Å². The molecule has 1 aromatic heterocycles. The largest absolute Gasteiger partial charge is 0.450 e. The summed E-state index contributed by atoms with van der Waals surface area (Å²) in [7, 11) is 0. The van der Waals surface area contributed by atoms with E-state index in [2.05, 4.69) is 11.9 Å². The average Bonchev–Trinajstić information content (AvgIpc) is 2.38. The minimum atomic E-state index is -0.374. The van der Waals surface area contributed by atoms with Crippen LogP contribution in [0.1, 0.15) is 45.1 Å². The molecule has 0 spiro atoms. The molecule has 0 unspecified atom stereocenters. The van der Waals surface area contributed by atoms with Gasteiger partial charge in [-0.25, -0.2) is 4.79 Å². The molecule has 0 aliphatic heterocycles. The van der Waals surface area contributed by atoms with E-state index >= 15 is 0 Å². The zero-order valence-electron chi connectivity index (χ0n) is 11.6. The summed E-state index contributed by atoms with van der Waals surface area (Å²) in [5, 5.41) is 0.556. The Hall–Kier alpha value is -1.84. The number of rotatable bonds is 5. The van der Waals surface area contributed by atoms with Crippen LogP contribution in [-0.2, 0) is 0 Å². The maximum Gasteiger partial charge on any atom is 0.397 e. The molecule has 0 saturated heterocycles. The lowest BCUT2D eigenvalue weighted by Crippen LogP contribution is -2.08. The quantitative estimate of drug-likeness (QED) is 0.773. The van der Waals surface area contributed by atoms with E-state index in [1.165, 1.54) is 0 Å². The smallest absolute Gasteiger partial charge is 0.397 e. The van der Waals surface area contributed by atoms with E-state index < -0.39 is 0 Å². The third-order valence-electron chi connectivity index (χ3n) is 3.02. The monoisotopic (exact) mass is 261 g/mol. The van der Waals surface area contributed by atoms with Crippen LogP contribution in [0.4, 0.5) is 0 Å². The second-order valence-corrected chi connectivity index (χ2v) is 4.87. The molecule has 4 heteroatoms. The first-order valence-electron chi connectivity index (χ1n) is 6.70. The fourth-order valence-electron chi connectivity index (χ4n) is 1.97. The lowest BCUT2D eigenvalue weighted by atomic mass is 9.99. The third kappa shape index (κ3) is 2.95. The zero-order valence-corrected chi connectivity index (χ0v) is 11.6. The number of unbranched alkanes of at least 4 members (excludes halogenated alkanes) is 1. The topological polar surface area (TPSA) is 52.3 Å².